The number of rotatable bonds is 8. The quantitative estimate of drug-likeness (QED) is 0.769. The molecule has 0 spiro atoms. The van der Waals surface area contributed by atoms with Crippen LogP contribution in [0.2, 0.25) is 0 Å². The Morgan fingerprint density at radius 1 is 1.42 bits per heavy atom. The zero-order valence-corrected chi connectivity index (χ0v) is 12.1. The molecule has 0 aromatic carbocycles. The van der Waals surface area contributed by atoms with Gasteiger partial charge in [-0.1, -0.05) is 13.8 Å². The SMILES string of the molecule is CCC(CC)C(=O)Nc1nc(CCCC(=O)O)cs1. The van der Waals surface area contributed by atoms with Gasteiger partial charge in [0.05, 0.1) is 5.69 Å². The van der Waals surface area contributed by atoms with Crippen molar-refractivity contribution in [1.29, 1.82) is 0 Å². The van der Waals surface area contributed by atoms with Gasteiger partial charge in [-0.15, -0.1) is 11.3 Å². The molecule has 0 saturated heterocycles. The number of thiazole rings is 1. The summed E-state index contributed by atoms with van der Waals surface area (Å²) in [6.07, 6.45) is 2.98. The smallest absolute Gasteiger partial charge is 0.303 e. The van der Waals surface area contributed by atoms with Crippen LogP contribution in [0.15, 0.2) is 5.38 Å². The minimum Gasteiger partial charge on any atom is -0.481 e. The molecule has 0 fully saturated rings. The molecule has 0 unspecified atom stereocenters. The highest BCUT2D eigenvalue weighted by Crippen LogP contribution is 2.19. The maximum absolute atomic E-state index is 11.9. The van der Waals surface area contributed by atoms with Crippen LogP contribution in [-0.2, 0) is 16.0 Å². The van der Waals surface area contributed by atoms with Gasteiger partial charge in [0.1, 0.15) is 0 Å². The Labute approximate surface area is 117 Å². The van der Waals surface area contributed by atoms with Gasteiger partial charge in [-0.05, 0) is 25.7 Å². The van der Waals surface area contributed by atoms with E-state index in [0.29, 0.717) is 18.0 Å². The van der Waals surface area contributed by atoms with Crippen LogP contribution in [0.3, 0.4) is 0 Å². The van der Waals surface area contributed by atoms with E-state index in [9.17, 15) is 9.59 Å². The summed E-state index contributed by atoms with van der Waals surface area (Å²) >= 11 is 1.38. The maximum Gasteiger partial charge on any atom is 0.303 e. The van der Waals surface area contributed by atoms with Crippen LogP contribution < -0.4 is 5.32 Å². The van der Waals surface area contributed by atoms with Crippen LogP contribution in [0.1, 0.15) is 45.2 Å². The molecule has 1 aromatic heterocycles. The van der Waals surface area contributed by atoms with Crippen molar-refractivity contribution in [3.05, 3.63) is 11.1 Å². The van der Waals surface area contributed by atoms with Crippen LogP contribution in [-0.4, -0.2) is 22.0 Å². The molecule has 6 heteroatoms. The van der Waals surface area contributed by atoms with Gasteiger partial charge in [-0.25, -0.2) is 4.98 Å². The Bertz CT molecular complexity index is 427. The highest BCUT2D eigenvalue weighted by molar-refractivity contribution is 7.13. The third-order valence-corrected chi connectivity index (χ3v) is 3.77. The third kappa shape index (κ3) is 5.38. The largest absolute Gasteiger partial charge is 0.481 e. The number of hydrogen-bond acceptors (Lipinski definition) is 4. The average molecular weight is 284 g/mol. The number of hydrogen-bond donors (Lipinski definition) is 2. The molecule has 0 atom stereocenters. The Morgan fingerprint density at radius 3 is 2.68 bits per heavy atom. The first-order chi connectivity index (χ1) is 9.06. The molecule has 19 heavy (non-hydrogen) atoms. The molecule has 0 aliphatic rings. The lowest BCUT2D eigenvalue weighted by atomic mass is 10.0. The van der Waals surface area contributed by atoms with Crippen LogP contribution in [0, 0.1) is 5.92 Å². The van der Waals surface area contributed by atoms with Gasteiger partial charge in [0.25, 0.3) is 0 Å². The number of carbonyl (C=O) groups excluding carboxylic acids is 1. The van der Waals surface area contributed by atoms with Gasteiger partial charge in [0, 0.05) is 17.7 Å². The second kappa shape index (κ2) is 7.89. The number of aromatic nitrogens is 1. The summed E-state index contributed by atoms with van der Waals surface area (Å²) in [6.45, 7) is 3.99. The van der Waals surface area contributed by atoms with Crippen LogP contribution in [0.5, 0.6) is 0 Å². The van der Waals surface area contributed by atoms with Crippen LogP contribution >= 0.6 is 11.3 Å². The topological polar surface area (TPSA) is 79.3 Å². The predicted molar refractivity (Wildman–Crippen MR) is 75.4 cm³/mol. The number of aliphatic carboxylic acids is 1. The van der Waals surface area contributed by atoms with E-state index < -0.39 is 5.97 Å². The van der Waals surface area contributed by atoms with Crippen molar-refractivity contribution in [3.63, 3.8) is 0 Å². The van der Waals surface area contributed by atoms with E-state index in [-0.39, 0.29) is 18.2 Å². The molecule has 2 N–H and O–H groups in total. The monoisotopic (exact) mass is 284 g/mol. The highest BCUT2D eigenvalue weighted by atomic mass is 32.1. The molecular formula is C13H20N2O3S. The van der Waals surface area contributed by atoms with Crippen molar-refractivity contribution in [3.8, 4) is 0 Å². The van der Waals surface area contributed by atoms with Gasteiger partial charge < -0.3 is 10.4 Å². The molecule has 1 aromatic rings. The van der Waals surface area contributed by atoms with Crippen LogP contribution in [0.25, 0.3) is 0 Å². The molecule has 0 aliphatic carbocycles. The Hall–Kier alpha value is -1.43. The maximum atomic E-state index is 11.9. The van der Waals surface area contributed by atoms with Crippen molar-refractivity contribution in [2.75, 3.05) is 5.32 Å². The summed E-state index contributed by atoms with van der Waals surface area (Å²) in [6, 6.07) is 0. The molecule has 1 amide bonds. The van der Waals surface area contributed by atoms with Crippen molar-refractivity contribution in [2.24, 2.45) is 5.92 Å². The molecule has 1 rings (SSSR count). The lowest BCUT2D eigenvalue weighted by Gasteiger charge is -2.10. The summed E-state index contributed by atoms with van der Waals surface area (Å²) in [7, 11) is 0. The summed E-state index contributed by atoms with van der Waals surface area (Å²) in [5, 5.41) is 13.8. The number of aryl methyl sites for hydroxylation is 1. The van der Waals surface area contributed by atoms with E-state index in [1.54, 1.807) is 0 Å². The Morgan fingerprint density at radius 2 is 2.11 bits per heavy atom. The number of anilines is 1. The fraction of sp³-hybridized carbons (Fsp3) is 0.615. The van der Waals surface area contributed by atoms with Gasteiger partial charge in [0.15, 0.2) is 5.13 Å². The average Bonchev–Trinajstić information content (AvgIpc) is 2.78. The van der Waals surface area contributed by atoms with Gasteiger partial charge >= 0.3 is 5.97 Å². The second-order valence-electron chi connectivity index (χ2n) is 4.39. The number of nitrogens with zero attached hydrogens (tertiary/aromatic N) is 1. The Kier molecular flexibility index (Phi) is 6.49. The fourth-order valence-electron chi connectivity index (χ4n) is 1.77. The third-order valence-electron chi connectivity index (χ3n) is 2.96. The normalized spacial score (nSPS) is 10.7. The van der Waals surface area contributed by atoms with E-state index in [1.807, 2.05) is 19.2 Å². The minimum absolute atomic E-state index is 0.0106. The summed E-state index contributed by atoms with van der Waals surface area (Å²) < 4.78 is 0. The number of amides is 1. The van der Waals surface area contributed by atoms with Crippen molar-refractivity contribution >= 4 is 28.3 Å². The Balaban J connectivity index is 2.46. The van der Waals surface area contributed by atoms with E-state index in [2.05, 4.69) is 10.3 Å². The van der Waals surface area contributed by atoms with E-state index in [0.717, 1.165) is 18.5 Å². The molecule has 0 aliphatic heterocycles. The fourth-order valence-corrected chi connectivity index (χ4v) is 2.51. The standard InChI is InChI=1S/C13H20N2O3S/c1-3-9(4-2)12(18)15-13-14-10(8-19-13)6-5-7-11(16)17/h8-9H,3-7H2,1-2H3,(H,16,17)(H,14,15,18). The van der Waals surface area contributed by atoms with E-state index in [4.69, 9.17) is 5.11 Å². The zero-order valence-electron chi connectivity index (χ0n) is 11.3. The van der Waals surface area contributed by atoms with E-state index >= 15 is 0 Å². The number of nitrogens with one attached hydrogen (secondary N) is 1. The lowest BCUT2D eigenvalue weighted by molar-refractivity contribution is -0.137. The van der Waals surface area contributed by atoms with Gasteiger partial charge in [-0.3, -0.25) is 9.59 Å². The van der Waals surface area contributed by atoms with Gasteiger partial charge in [0.2, 0.25) is 5.91 Å². The molecule has 5 nitrogen and oxygen atoms in total. The van der Waals surface area contributed by atoms with Gasteiger partial charge in [-0.2, -0.15) is 0 Å². The highest BCUT2D eigenvalue weighted by Gasteiger charge is 2.15. The summed E-state index contributed by atoms with van der Waals surface area (Å²) in [5.74, 6) is -0.756. The molecule has 1 heterocycles. The molecule has 106 valence electrons. The summed E-state index contributed by atoms with van der Waals surface area (Å²) in [4.78, 5) is 26.6. The first-order valence-corrected chi connectivity index (χ1v) is 7.41. The minimum atomic E-state index is -0.794. The first-order valence-electron chi connectivity index (χ1n) is 6.53. The molecule has 0 bridgehead atoms. The number of carboxylic acid groups (broad SMARTS) is 1. The summed E-state index contributed by atoms with van der Waals surface area (Å²) in [5.41, 5.74) is 0.839. The molecular weight excluding hydrogens is 264 g/mol. The predicted octanol–water partition coefficient (Wildman–Crippen LogP) is 2.93. The second-order valence-corrected chi connectivity index (χ2v) is 5.25. The van der Waals surface area contributed by atoms with Crippen molar-refractivity contribution < 1.29 is 14.7 Å². The zero-order chi connectivity index (χ0) is 14.3. The van der Waals surface area contributed by atoms with Crippen molar-refractivity contribution in [1.82, 2.24) is 4.98 Å². The van der Waals surface area contributed by atoms with Crippen LogP contribution in [0.4, 0.5) is 5.13 Å². The number of carboxylic acids is 1. The molecule has 0 radical (unpaired) electrons. The lowest BCUT2D eigenvalue weighted by Crippen LogP contribution is -2.21. The number of carbonyl (C=O) groups is 2. The molecule has 0 saturated carbocycles. The first kappa shape index (κ1) is 15.6. The van der Waals surface area contributed by atoms with Crippen molar-refractivity contribution in [2.45, 2.75) is 46.0 Å². The van der Waals surface area contributed by atoms with E-state index in [1.165, 1.54) is 11.3 Å².